The molecule has 5 unspecified atom stereocenters. The van der Waals surface area contributed by atoms with Gasteiger partial charge in [0.2, 0.25) is 5.60 Å². The molecule has 4 saturated heterocycles. The Morgan fingerprint density at radius 1 is 0.929 bits per heavy atom. The van der Waals surface area contributed by atoms with Crippen molar-refractivity contribution in [2.45, 2.75) is 75.0 Å². The number of benzene rings is 2. The van der Waals surface area contributed by atoms with Gasteiger partial charge in [0.25, 0.3) is 0 Å². The fourth-order valence-corrected chi connectivity index (χ4v) is 7.39. The van der Waals surface area contributed by atoms with Crippen LogP contribution >= 0.6 is 11.6 Å². The van der Waals surface area contributed by atoms with Crippen molar-refractivity contribution in [2.24, 2.45) is 11.8 Å². The molecule has 4 heterocycles. The second-order valence-corrected chi connectivity index (χ2v) is 13.1. The quantitative estimate of drug-likeness (QED) is 0.362. The van der Waals surface area contributed by atoms with Crippen LogP contribution in [-0.4, -0.2) is 79.9 Å². The lowest BCUT2D eigenvalue weighted by Crippen LogP contribution is -2.49. The second-order valence-electron chi connectivity index (χ2n) is 12.7. The molecule has 0 aromatic heterocycles. The smallest absolute Gasteiger partial charge is 0.374 e. The van der Waals surface area contributed by atoms with Crippen molar-refractivity contribution in [1.82, 2.24) is 9.80 Å². The van der Waals surface area contributed by atoms with Crippen LogP contribution in [-0.2, 0) is 15.1 Å². The summed E-state index contributed by atoms with van der Waals surface area (Å²) in [6, 6.07) is 13.6. The minimum Gasteiger partial charge on any atom is -0.374 e. The van der Waals surface area contributed by atoms with Crippen molar-refractivity contribution >= 4 is 17.3 Å². The molecule has 0 spiro atoms. The SMILES string of the molecule is CN(C)C1OC1c1ccc(N2CCC(CC3CCCN(C4OC4[C@](O)(c4ccccc4)C(F)(F)F)CC3)CC2)cc1Cl. The lowest BCUT2D eigenvalue weighted by atomic mass is 9.84. The molecule has 6 atom stereocenters. The van der Waals surface area contributed by atoms with Crippen LogP contribution in [0.15, 0.2) is 48.5 Å². The Labute approximate surface area is 251 Å². The van der Waals surface area contributed by atoms with Gasteiger partial charge in [-0.1, -0.05) is 48.0 Å². The van der Waals surface area contributed by atoms with Crippen LogP contribution in [0.1, 0.15) is 55.8 Å². The molecule has 4 aliphatic rings. The van der Waals surface area contributed by atoms with E-state index in [0.717, 1.165) is 67.9 Å². The van der Waals surface area contributed by atoms with E-state index in [-0.39, 0.29) is 17.9 Å². The number of hydrogen-bond donors (Lipinski definition) is 1. The van der Waals surface area contributed by atoms with Crippen molar-refractivity contribution in [3.63, 3.8) is 0 Å². The molecule has 42 heavy (non-hydrogen) atoms. The van der Waals surface area contributed by atoms with Crippen molar-refractivity contribution < 1.29 is 27.8 Å². The highest BCUT2D eigenvalue weighted by Gasteiger charge is 2.69. The number of anilines is 1. The van der Waals surface area contributed by atoms with Crippen molar-refractivity contribution in [2.75, 3.05) is 45.2 Å². The molecule has 0 saturated carbocycles. The van der Waals surface area contributed by atoms with Gasteiger partial charge in [0.15, 0.2) is 0 Å². The molecule has 6 rings (SSSR count). The molecule has 4 fully saturated rings. The number of ether oxygens (including phenoxy) is 2. The lowest BCUT2D eigenvalue weighted by Gasteiger charge is -2.35. The first-order chi connectivity index (χ1) is 20.1. The number of epoxide rings is 2. The number of hydrogen-bond acceptors (Lipinski definition) is 6. The number of likely N-dealkylation sites (N-methyl/N-ethyl adjacent to an activating group) is 1. The number of likely N-dealkylation sites (tertiary alicyclic amines) is 1. The van der Waals surface area contributed by atoms with Gasteiger partial charge in [0.05, 0.1) is 0 Å². The standard InChI is InChI=1S/C32H41ClF3N3O3/c1-37(2)29-27(41-29)25-11-10-24(20-26(25)33)38-16-12-22(13-17-38)19-21-7-6-15-39(18-14-21)30-28(42-30)31(40,32(34,35)36)23-8-4-3-5-9-23/h3-5,8-11,20-22,27-30,40H,6-7,12-19H2,1-2H3/t21?,27?,28?,29?,30?,31-/m1/s1. The van der Waals surface area contributed by atoms with Crippen molar-refractivity contribution in [1.29, 1.82) is 0 Å². The Kier molecular flexibility index (Phi) is 8.54. The molecule has 0 amide bonds. The zero-order valence-electron chi connectivity index (χ0n) is 24.3. The van der Waals surface area contributed by atoms with Crippen LogP contribution in [0.2, 0.25) is 5.02 Å². The highest BCUT2D eigenvalue weighted by molar-refractivity contribution is 6.31. The molecular weight excluding hydrogens is 567 g/mol. The Morgan fingerprint density at radius 2 is 1.62 bits per heavy atom. The summed E-state index contributed by atoms with van der Waals surface area (Å²) in [5.41, 5.74) is -0.981. The van der Waals surface area contributed by atoms with Crippen LogP contribution in [0.25, 0.3) is 0 Å². The monoisotopic (exact) mass is 607 g/mol. The van der Waals surface area contributed by atoms with Crippen LogP contribution in [0.5, 0.6) is 0 Å². The van der Waals surface area contributed by atoms with Crippen molar-refractivity contribution in [3.05, 3.63) is 64.7 Å². The minimum atomic E-state index is -4.83. The van der Waals surface area contributed by atoms with E-state index in [1.54, 1.807) is 6.07 Å². The Bertz CT molecular complexity index is 1230. The Morgan fingerprint density at radius 3 is 2.26 bits per heavy atom. The van der Waals surface area contributed by atoms with Crippen LogP contribution in [0, 0.1) is 11.8 Å². The van der Waals surface area contributed by atoms with Gasteiger partial charge < -0.3 is 19.5 Å². The summed E-state index contributed by atoms with van der Waals surface area (Å²) in [7, 11) is 4.01. The largest absolute Gasteiger partial charge is 0.424 e. The molecule has 0 aliphatic carbocycles. The van der Waals surface area contributed by atoms with Gasteiger partial charge in [-0.15, -0.1) is 0 Å². The first-order valence-corrected chi connectivity index (χ1v) is 15.5. The fraction of sp³-hybridized carbons (Fsp3) is 0.625. The van der Waals surface area contributed by atoms with Gasteiger partial charge in [-0.3, -0.25) is 9.80 Å². The number of halogens is 4. The molecule has 0 bridgehead atoms. The molecule has 1 N–H and O–H groups in total. The predicted octanol–water partition coefficient (Wildman–Crippen LogP) is 6.18. The molecule has 10 heteroatoms. The van der Waals surface area contributed by atoms with E-state index >= 15 is 0 Å². The predicted molar refractivity (Wildman–Crippen MR) is 156 cm³/mol. The van der Waals surface area contributed by atoms with Gasteiger partial charge in [-0.25, -0.2) is 0 Å². The van der Waals surface area contributed by atoms with E-state index < -0.39 is 24.1 Å². The van der Waals surface area contributed by atoms with Gasteiger partial charge in [-0.05, 0) is 82.2 Å². The third-order valence-corrected chi connectivity index (χ3v) is 10.0. The molecule has 0 radical (unpaired) electrons. The van der Waals surface area contributed by atoms with Gasteiger partial charge in [0.1, 0.15) is 24.7 Å². The molecule has 2 aromatic rings. The number of alkyl halides is 3. The van der Waals surface area contributed by atoms with Crippen molar-refractivity contribution in [3.8, 4) is 0 Å². The fourth-order valence-electron chi connectivity index (χ4n) is 7.11. The molecule has 4 aliphatic heterocycles. The normalized spacial score (nSPS) is 30.7. The molecule has 6 nitrogen and oxygen atoms in total. The maximum atomic E-state index is 14.1. The van der Waals surface area contributed by atoms with E-state index in [0.29, 0.717) is 24.9 Å². The summed E-state index contributed by atoms with van der Waals surface area (Å²) in [6.07, 6.45) is -0.377. The van der Waals surface area contributed by atoms with Gasteiger partial charge in [-0.2, -0.15) is 13.2 Å². The van der Waals surface area contributed by atoms with E-state index in [1.165, 1.54) is 24.3 Å². The Balaban J connectivity index is 0.986. The highest BCUT2D eigenvalue weighted by Crippen LogP contribution is 2.51. The number of aliphatic hydroxyl groups is 1. The first-order valence-electron chi connectivity index (χ1n) is 15.2. The van der Waals surface area contributed by atoms with E-state index in [4.69, 9.17) is 21.1 Å². The molecular formula is C32H41ClF3N3O3. The molecule has 230 valence electrons. The van der Waals surface area contributed by atoms with Crippen LogP contribution < -0.4 is 4.90 Å². The summed E-state index contributed by atoms with van der Waals surface area (Å²) < 4.78 is 53.7. The Hall–Kier alpha value is -1.88. The third-order valence-electron chi connectivity index (χ3n) is 9.68. The minimum absolute atomic E-state index is 0.0415. The highest BCUT2D eigenvalue weighted by atomic mass is 35.5. The lowest BCUT2D eigenvalue weighted by molar-refractivity contribution is -0.273. The number of nitrogens with zero attached hydrogens (tertiary/aromatic N) is 3. The number of rotatable bonds is 8. The average molecular weight is 608 g/mol. The topological polar surface area (TPSA) is 55.0 Å². The number of piperidine rings is 1. The summed E-state index contributed by atoms with van der Waals surface area (Å²) >= 11 is 6.64. The second kappa shape index (κ2) is 11.9. The van der Waals surface area contributed by atoms with Crippen LogP contribution in [0.4, 0.5) is 18.9 Å². The van der Waals surface area contributed by atoms with Gasteiger partial charge in [0, 0.05) is 42.5 Å². The maximum absolute atomic E-state index is 14.1. The summed E-state index contributed by atoms with van der Waals surface area (Å²) in [5, 5.41) is 11.6. The first kappa shape index (κ1) is 30.2. The molecule has 2 aromatic carbocycles. The van der Waals surface area contributed by atoms with E-state index in [2.05, 4.69) is 28.0 Å². The summed E-state index contributed by atoms with van der Waals surface area (Å²) in [4.78, 5) is 6.48. The average Bonchev–Trinajstić information content (AvgIpc) is 3.87. The van der Waals surface area contributed by atoms with Gasteiger partial charge >= 0.3 is 6.18 Å². The van der Waals surface area contributed by atoms with E-state index in [9.17, 15) is 18.3 Å². The summed E-state index contributed by atoms with van der Waals surface area (Å²) in [6.45, 7) is 3.37. The maximum Gasteiger partial charge on any atom is 0.424 e. The van der Waals surface area contributed by atoms with E-state index in [1.807, 2.05) is 19.0 Å². The van der Waals surface area contributed by atoms with Crippen LogP contribution in [0.3, 0.4) is 0 Å². The summed E-state index contributed by atoms with van der Waals surface area (Å²) in [5.74, 6) is 1.20. The zero-order valence-corrected chi connectivity index (χ0v) is 25.0. The third kappa shape index (κ3) is 6.06. The zero-order chi connectivity index (χ0) is 29.6.